The molecule has 0 radical (unpaired) electrons. The third-order valence-corrected chi connectivity index (χ3v) is 5.54. The van der Waals surface area contributed by atoms with Gasteiger partial charge in [0.25, 0.3) is 5.91 Å². The maximum absolute atomic E-state index is 13.1. The maximum Gasteiger partial charge on any atom is 0.309 e. The minimum absolute atomic E-state index is 0.126. The van der Waals surface area contributed by atoms with E-state index in [-0.39, 0.29) is 41.7 Å². The van der Waals surface area contributed by atoms with E-state index in [0.717, 1.165) is 0 Å². The lowest BCUT2D eigenvalue weighted by molar-refractivity contribution is -0.151. The number of carbonyl (C=O) groups excluding carboxylic acids is 4. The highest BCUT2D eigenvalue weighted by Crippen LogP contribution is 2.19. The average molecular weight is 450 g/mol. The van der Waals surface area contributed by atoms with Gasteiger partial charge in [-0.3, -0.25) is 19.2 Å². The topological polar surface area (TPSA) is 96.0 Å². The fourth-order valence-electron chi connectivity index (χ4n) is 3.58. The van der Waals surface area contributed by atoms with Crippen molar-refractivity contribution in [1.29, 1.82) is 0 Å². The third kappa shape index (κ3) is 6.77. The van der Waals surface area contributed by atoms with Crippen molar-refractivity contribution >= 4 is 23.7 Å². The lowest BCUT2D eigenvalue weighted by Gasteiger charge is -2.33. The summed E-state index contributed by atoms with van der Waals surface area (Å²) in [4.78, 5) is 52.9. The lowest BCUT2D eigenvalue weighted by Crippen LogP contribution is -2.53. The summed E-state index contributed by atoms with van der Waals surface area (Å²) >= 11 is 0. The van der Waals surface area contributed by atoms with Gasteiger partial charge >= 0.3 is 5.97 Å². The van der Waals surface area contributed by atoms with Crippen molar-refractivity contribution in [3.8, 4) is 0 Å². The molecule has 176 valence electrons. The summed E-state index contributed by atoms with van der Waals surface area (Å²) in [5.41, 5.74) is 0.244. The molecule has 8 nitrogen and oxygen atoms in total. The Labute approximate surface area is 188 Å². The number of halogens is 1. The molecule has 0 aromatic heterocycles. The zero-order chi connectivity index (χ0) is 23.8. The Morgan fingerprint density at radius 1 is 1.16 bits per heavy atom. The molecule has 3 amide bonds. The molecule has 1 saturated heterocycles. The van der Waals surface area contributed by atoms with Gasteiger partial charge in [0.2, 0.25) is 11.8 Å². The van der Waals surface area contributed by atoms with E-state index < -0.39 is 17.8 Å². The second-order valence-corrected chi connectivity index (χ2v) is 8.30. The minimum atomic E-state index is -0.833. The highest BCUT2D eigenvalue weighted by atomic mass is 19.1. The number of piperidine rings is 1. The molecule has 1 aliphatic rings. The standard InChI is InChI=1S/C23H32FN3O5/c1-5-32-23(31)17-10-12-27(13-11-17)19(28)14-26(4)22(30)20(15(2)3)25-21(29)16-6-8-18(24)9-7-16/h6-9,15,17,20H,5,10-14H2,1-4H3,(H,25,29). The quantitative estimate of drug-likeness (QED) is 0.611. The fourth-order valence-corrected chi connectivity index (χ4v) is 3.58. The van der Waals surface area contributed by atoms with E-state index in [1.165, 1.54) is 36.2 Å². The molecule has 1 aromatic rings. The molecule has 0 bridgehead atoms. The van der Waals surface area contributed by atoms with E-state index >= 15 is 0 Å². The van der Waals surface area contributed by atoms with Crippen LogP contribution in [0.3, 0.4) is 0 Å². The summed E-state index contributed by atoms with van der Waals surface area (Å²) < 4.78 is 18.1. The van der Waals surface area contributed by atoms with Crippen LogP contribution in [0, 0.1) is 17.7 Å². The van der Waals surface area contributed by atoms with Crippen LogP contribution in [-0.4, -0.2) is 72.8 Å². The molecule has 1 fully saturated rings. The van der Waals surface area contributed by atoms with Crippen molar-refractivity contribution in [2.75, 3.05) is 33.3 Å². The van der Waals surface area contributed by atoms with Crippen LogP contribution in [0.5, 0.6) is 0 Å². The lowest BCUT2D eigenvalue weighted by atomic mass is 9.97. The number of amides is 3. The maximum atomic E-state index is 13.1. The molecule has 0 saturated carbocycles. The molecular formula is C23H32FN3O5. The van der Waals surface area contributed by atoms with Gasteiger partial charge in [0.1, 0.15) is 11.9 Å². The summed E-state index contributed by atoms with van der Waals surface area (Å²) in [6.45, 7) is 6.42. The SMILES string of the molecule is CCOC(=O)C1CCN(C(=O)CN(C)C(=O)C(NC(=O)c2ccc(F)cc2)C(C)C)CC1. The first-order chi connectivity index (χ1) is 15.1. The predicted octanol–water partition coefficient (Wildman–Crippen LogP) is 1.84. The second kappa shape index (κ2) is 11.6. The Hall–Kier alpha value is -2.97. The van der Waals surface area contributed by atoms with Crippen LogP contribution in [-0.2, 0) is 19.1 Å². The van der Waals surface area contributed by atoms with E-state index in [2.05, 4.69) is 5.32 Å². The number of benzene rings is 1. The number of ether oxygens (including phenoxy) is 1. The van der Waals surface area contributed by atoms with E-state index in [1.54, 1.807) is 25.7 Å². The van der Waals surface area contributed by atoms with Gasteiger partial charge in [-0.2, -0.15) is 0 Å². The molecule has 1 N–H and O–H groups in total. The highest BCUT2D eigenvalue weighted by Gasteiger charge is 2.31. The van der Waals surface area contributed by atoms with Gasteiger partial charge in [-0.25, -0.2) is 4.39 Å². The van der Waals surface area contributed by atoms with Crippen molar-refractivity contribution in [3.05, 3.63) is 35.6 Å². The number of likely N-dealkylation sites (tertiary alicyclic amines) is 1. The van der Waals surface area contributed by atoms with Gasteiger partial charge in [-0.05, 0) is 49.9 Å². The van der Waals surface area contributed by atoms with Gasteiger partial charge < -0.3 is 19.9 Å². The first-order valence-electron chi connectivity index (χ1n) is 10.9. The van der Waals surface area contributed by atoms with Crippen molar-refractivity contribution in [2.24, 2.45) is 11.8 Å². The van der Waals surface area contributed by atoms with Gasteiger partial charge in [-0.15, -0.1) is 0 Å². The van der Waals surface area contributed by atoms with Crippen molar-refractivity contribution in [1.82, 2.24) is 15.1 Å². The van der Waals surface area contributed by atoms with Crippen molar-refractivity contribution in [3.63, 3.8) is 0 Å². The molecule has 1 aromatic carbocycles. The zero-order valence-electron chi connectivity index (χ0n) is 19.1. The summed E-state index contributed by atoms with van der Waals surface area (Å²) in [5, 5.41) is 2.69. The van der Waals surface area contributed by atoms with Crippen LogP contribution in [0.1, 0.15) is 44.0 Å². The summed E-state index contributed by atoms with van der Waals surface area (Å²) in [6.07, 6.45) is 1.06. The Kier molecular flexibility index (Phi) is 9.16. The number of likely N-dealkylation sites (N-methyl/N-ethyl adjacent to an activating group) is 1. The van der Waals surface area contributed by atoms with E-state index in [1.807, 2.05) is 0 Å². The summed E-state index contributed by atoms with van der Waals surface area (Å²) in [7, 11) is 1.52. The summed E-state index contributed by atoms with van der Waals surface area (Å²) in [6, 6.07) is 4.22. The number of rotatable bonds is 8. The van der Waals surface area contributed by atoms with Crippen LogP contribution >= 0.6 is 0 Å². The highest BCUT2D eigenvalue weighted by molar-refractivity contribution is 5.98. The first-order valence-corrected chi connectivity index (χ1v) is 10.9. The summed E-state index contributed by atoms with van der Waals surface area (Å²) in [5.74, 6) is -2.19. The normalized spacial score (nSPS) is 15.2. The molecule has 1 atom stereocenters. The van der Waals surface area contributed by atoms with Crippen LogP contribution in [0.4, 0.5) is 4.39 Å². The predicted molar refractivity (Wildman–Crippen MR) is 116 cm³/mol. The molecule has 2 rings (SSSR count). The second-order valence-electron chi connectivity index (χ2n) is 8.30. The monoisotopic (exact) mass is 449 g/mol. The average Bonchev–Trinajstić information content (AvgIpc) is 2.77. The zero-order valence-corrected chi connectivity index (χ0v) is 19.1. The molecule has 9 heteroatoms. The Morgan fingerprint density at radius 3 is 2.28 bits per heavy atom. The molecular weight excluding hydrogens is 417 g/mol. The molecule has 32 heavy (non-hydrogen) atoms. The van der Waals surface area contributed by atoms with Crippen LogP contribution in [0.25, 0.3) is 0 Å². The first kappa shape index (κ1) is 25.3. The number of hydrogen-bond donors (Lipinski definition) is 1. The fraction of sp³-hybridized carbons (Fsp3) is 0.565. The molecule has 1 heterocycles. The van der Waals surface area contributed by atoms with Crippen LogP contribution < -0.4 is 5.32 Å². The minimum Gasteiger partial charge on any atom is -0.466 e. The number of nitrogens with zero attached hydrogens (tertiary/aromatic N) is 2. The molecule has 1 aliphatic heterocycles. The number of carbonyl (C=O) groups is 4. The molecule has 0 aliphatic carbocycles. The Bertz CT molecular complexity index is 819. The van der Waals surface area contributed by atoms with Crippen LogP contribution in [0.15, 0.2) is 24.3 Å². The van der Waals surface area contributed by atoms with Gasteiger partial charge in [-0.1, -0.05) is 13.8 Å². The number of hydrogen-bond acceptors (Lipinski definition) is 5. The Morgan fingerprint density at radius 2 is 1.75 bits per heavy atom. The van der Waals surface area contributed by atoms with E-state index in [9.17, 15) is 23.6 Å². The number of esters is 1. The van der Waals surface area contributed by atoms with Crippen molar-refractivity contribution < 1.29 is 28.3 Å². The third-order valence-electron chi connectivity index (χ3n) is 5.54. The van der Waals surface area contributed by atoms with Crippen LogP contribution in [0.2, 0.25) is 0 Å². The molecule has 1 unspecified atom stereocenters. The largest absolute Gasteiger partial charge is 0.466 e. The van der Waals surface area contributed by atoms with Gasteiger partial charge in [0.05, 0.1) is 19.1 Å². The van der Waals surface area contributed by atoms with Gasteiger partial charge in [0.15, 0.2) is 0 Å². The number of nitrogens with one attached hydrogen (secondary N) is 1. The molecule has 0 spiro atoms. The van der Waals surface area contributed by atoms with Crippen molar-refractivity contribution in [2.45, 2.75) is 39.7 Å². The van der Waals surface area contributed by atoms with E-state index in [0.29, 0.717) is 32.5 Å². The van der Waals surface area contributed by atoms with E-state index in [4.69, 9.17) is 4.74 Å². The smallest absolute Gasteiger partial charge is 0.309 e. The Balaban J connectivity index is 1.92. The van der Waals surface area contributed by atoms with Gasteiger partial charge in [0, 0.05) is 25.7 Å².